The molecule has 9 heteroatoms. The average Bonchev–Trinajstić information content (AvgIpc) is 2.64. The van der Waals surface area contributed by atoms with E-state index in [1.54, 1.807) is 6.07 Å². The first kappa shape index (κ1) is 18.0. The molecule has 0 aliphatic heterocycles. The van der Waals surface area contributed by atoms with Crippen LogP contribution in [0.25, 0.3) is 0 Å². The molecule has 0 saturated heterocycles. The van der Waals surface area contributed by atoms with Crippen LogP contribution in [0.4, 0.5) is 17.3 Å². The number of benzene rings is 2. The fraction of sp³-hybridized carbons (Fsp3) is 0.0588. The molecule has 0 bridgehead atoms. The molecule has 3 rings (SSSR count). The van der Waals surface area contributed by atoms with Crippen LogP contribution in [0.2, 0.25) is 5.02 Å². The summed E-state index contributed by atoms with van der Waals surface area (Å²) in [5, 5.41) is 11.1. The summed E-state index contributed by atoms with van der Waals surface area (Å²) in [5.74, 6) is 0.976. The van der Waals surface area contributed by atoms with E-state index < -0.39 is 10.0 Å². The molecule has 2 N–H and O–H groups in total. The van der Waals surface area contributed by atoms with Crippen molar-refractivity contribution in [1.29, 1.82) is 0 Å². The first-order chi connectivity index (χ1) is 12.5. The van der Waals surface area contributed by atoms with Crippen molar-refractivity contribution in [3.63, 3.8) is 0 Å². The summed E-state index contributed by atoms with van der Waals surface area (Å²) in [6, 6.07) is 16.8. The molecule has 0 spiro atoms. The van der Waals surface area contributed by atoms with E-state index in [1.165, 1.54) is 31.4 Å². The number of hydrogen-bond acceptors (Lipinski definition) is 6. The molecule has 134 valence electrons. The Hall–Kier alpha value is -2.84. The summed E-state index contributed by atoms with van der Waals surface area (Å²) in [6.45, 7) is 0. The van der Waals surface area contributed by atoms with Crippen LogP contribution >= 0.6 is 11.6 Å². The molecule has 0 saturated carbocycles. The SMILES string of the molecule is COc1ccc(S(=O)(=O)Nc2ccc(Nc3ccccc3)nn2)cc1Cl. The highest BCUT2D eigenvalue weighted by atomic mass is 35.5. The van der Waals surface area contributed by atoms with E-state index in [2.05, 4.69) is 20.2 Å². The molecule has 3 aromatic rings. The second-order valence-corrected chi connectivity index (χ2v) is 7.29. The molecule has 26 heavy (non-hydrogen) atoms. The van der Waals surface area contributed by atoms with E-state index in [9.17, 15) is 8.42 Å². The van der Waals surface area contributed by atoms with Gasteiger partial charge in [0.15, 0.2) is 11.6 Å². The number of anilines is 3. The zero-order valence-electron chi connectivity index (χ0n) is 13.7. The minimum Gasteiger partial charge on any atom is -0.495 e. The maximum atomic E-state index is 12.4. The quantitative estimate of drug-likeness (QED) is 0.666. The van der Waals surface area contributed by atoms with Gasteiger partial charge in [0, 0.05) is 5.69 Å². The van der Waals surface area contributed by atoms with Gasteiger partial charge in [0.25, 0.3) is 10.0 Å². The second-order valence-electron chi connectivity index (χ2n) is 5.20. The number of ether oxygens (including phenoxy) is 1. The summed E-state index contributed by atoms with van der Waals surface area (Å²) in [7, 11) is -2.39. The topological polar surface area (TPSA) is 93.2 Å². The first-order valence-electron chi connectivity index (χ1n) is 7.50. The Bertz CT molecular complexity index is 996. The molecule has 0 amide bonds. The van der Waals surface area contributed by atoms with Crippen LogP contribution in [-0.2, 0) is 10.0 Å². The number of aromatic nitrogens is 2. The minimum atomic E-state index is -3.85. The van der Waals surface area contributed by atoms with Gasteiger partial charge in [0.2, 0.25) is 0 Å². The highest BCUT2D eigenvalue weighted by Crippen LogP contribution is 2.27. The Kier molecular flexibility index (Phi) is 5.24. The molecular weight excluding hydrogens is 376 g/mol. The lowest BCUT2D eigenvalue weighted by Gasteiger charge is -2.09. The fourth-order valence-electron chi connectivity index (χ4n) is 2.13. The van der Waals surface area contributed by atoms with Crippen LogP contribution in [0.3, 0.4) is 0 Å². The molecule has 1 heterocycles. The number of hydrogen-bond donors (Lipinski definition) is 2. The van der Waals surface area contributed by atoms with Gasteiger partial charge >= 0.3 is 0 Å². The molecular formula is C17H15ClN4O3S. The Morgan fingerprint density at radius 3 is 2.27 bits per heavy atom. The summed E-state index contributed by atoms with van der Waals surface area (Å²) in [5.41, 5.74) is 0.850. The highest BCUT2D eigenvalue weighted by Gasteiger charge is 2.17. The first-order valence-corrected chi connectivity index (χ1v) is 9.36. The summed E-state index contributed by atoms with van der Waals surface area (Å²) < 4.78 is 32.2. The number of nitrogens with one attached hydrogen (secondary N) is 2. The smallest absolute Gasteiger partial charge is 0.263 e. The van der Waals surface area contributed by atoms with Gasteiger partial charge in [-0.3, -0.25) is 4.72 Å². The van der Waals surface area contributed by atoms with Crippen molar-refractivity contribution in [3.05, 3.63) is 65.7 Å². The summed E-state index contributed by atoms with van der Waals surface area (Å²) in [6.07, 6.45) is 0. The van der Waals surface area contributed by atoms with Crippen molar-refractivity contribution in [2.45, 2.75) is 4.90 Å². The van der Waals surface area contributed by atoms with Gasteiger partial charge in [-0.05, 0) is 42.5 Å². The molecule has 0 atom stereocenters. The molecule has 0 radical (unpaired) electrons. The Morgan fingerprint density at radius 1 is 0.962 bits per heavy atom. The van der Waals surface area contributed by atoms with E-state index >= 15 is 0 Å². The normalized spacial score (nSPS) is 11.0. The van der Waals surface area contributed by atoms with Crippen LogP contribution in [0.5, 0.6) is 5.75 Å². The molecule has 0 aliphatic carbocycles. The van der Waals surface area contributed by atoms with Gasteiger partial charge < -0.3 is 10.1 Å². The third kappa shape index (κ3) is 4.22. The molecule has 7 nitrogen and oxygen atoms in total. The predicted molar refractivity (Wildman–Crippen MR) is 101 cm³/mol. The van der Waals surface area contributed by atoms with Crippen LogP contribution < -0.4 is 14.8 Å². The Balaban J connectivity index is 1.74. The van der Waals surface area contributed by atoms with Crippen LogP contribution in [0.1, 0.15) is 0 Å². The van der Waals surface area contributed by atoms with E-state index in [0.717, 1.165) is 5.69 Å². The minimum absolute atomic E-state index is 0.00316. The molecule has 0 aliphatic rings. The van der Waals surface area contributed by atoms with Gasteiger partial charge in [-0.15, -0.1) is 10.2 Å². The Morgan fingerprint density at radius 2 is 1.65 bits per heavy atom. The number of para-hydroxylation sites is 1. The lowest BCUT2D eigenvalue weighted by atomic mass is 10.3. The standard InChI is InChI=1S/C17H15ClN4O3S/c1-25-15-8-7-13(11-14(15)18)26(23,24)22-17-10-9-16(20-21-17)19-12-5-3-2-4-6-12/h2-11H,1H3,(H,19,20)(H,21,22). The van der Waals surface area contributed by atoms with Crippen molar-refractivity contribution in [2.75, 3.05) is 17.1 Å². The Labute approximate surface area is 156 Å². The maximum absolute atomic E-state index is 12.4. The average molecular weight is 391 g/mol. The van der Waals surface area contributed by atoms with Crippen molar-refractivity contribution >= 4 is 38.9 Å². The van der Waals surface area contributed by atoms with Crippen molar-refractivity contribution < 1.29 is 13.2 Å². The van der Waals surface area contributed by atoms with Gasteiger partial charge in [-0.1, -0.05) is 29.8 Å². The maximum Gasteiger partial charge on any atom is 0.263 e. The lowest BCUT2D eigenvalue weighted by Crippen LogP contribution is -2.14. The third-order valence-corrected chi connectivity index (χ3v) is 5.03. The van der Waals surface area contributed by atoms with Crippen LogP contribution in [0.15, 0.2) is 65.6 Å². The van der Waals surface area contributed by atoms with Crippen LogP contribution in [-0.4, -0.2) is 25.7 Å². The number of halogens is 1. The largest absolute Gasteiger partial charge is 0.495 e. The third-order valence-electron chi connectivity index (χ3n) is 3.38. The summed E-state index contributed by atoms with van der Waals surface area (Å²) in [4.78, 5) is -0.00316. The predicted octanol–water partition coefficient (Wildman–Crippen LogP) is 3.68. The fourth-order valence-corrected chi connectivity index (χ4v) is 3.48. The van der Waals surface area contributed by atoms with Crippen molar-refractivity contribution in [1.82, 2.24) is 10.2 Å². The van der Waals surface area contributed by atoms with E-state index in [-0.39, 0.29) is 15.7 Å². The van der Waals surface area contributed by atoms with Crippen LogP contribution in [0, 0.1) is 0 Å². The number of rotatable bonds is 6. The molecule has 0 unspecified atom stereocenters. The number of methoxy groups -OCH3 is 1. The zero-order chi connectivity index (χ0) is 18.6. The lowest BCUT2D eigenvalue weighted by molar-refractivity contribution is 0.414. The van der Waals surface area contributed by atoms with Crippen molar-refractivity contribution in [3.8, 4) is 5.75 Å². The summed E-state index contributed by atoms with van der Waals surface area (Å²) >= 11 is 5.98. The van der Waals surface area contributed by atoms with Gasteiger partial charge in [-0.2, -0.15) is 0 Å². The second kappa shape index (κ2) is 7.59. The zero-order valence-corrected chi connectivity index (χ0v) is 15.3. The highest BCUT2D eigenvalue weighted by molar-refractivity contribution is 7.92. The van der Waals surface area contributed by atoms with Gasteiger partial charge in [0.05, 0.1) is 17.0 Å². The molecule has 1 aromatic heterocycles. The molecule has 0 fully saturated rings. The van der Waals surface area contributed by atoms with Gasteiger partial charge in [-0.25, -0.2) is 8.42 Å². The monoisotopic (exact) mass is 390 g/mol. The van der Waals surface area contributed by atoms with E-state index in [1.807, 2.05) is 30.3 Å². The van der Waals surface area contributed by atoms with E-state index in [4.69, 9.17) is 16.3 Å². The number of nitrogens with zero attached hydrogens (tertiary/aromatic N) is 2. The van der Waals surface area contributed by atoms with E-state index in [0.29, 0.717) is 11.6 Å². The number of sulfonamides is 1. The molecule has 2 aromatic carbocycles. The van der Waals surface area contributed by atoms with Crippen molar-refractivity contribution in [2.24, 2.45) is 0 Å². The van der Waals surface area contributed by atoms with Gasteiger partial charge in [0.1, 0.15) is 5.75 Å².